The van der Waals surface area contributed by atoms with E-state index >= 15 is 0 Å². The highest BCUT2D eigenvalue weighted by molar-refractivity contribution is 5.50. The molecule has 1 aliphatic rings. The molecule has 0 aromatic rings. The van der Waals surface area contributed by atoms with E-state index in [-0.39, 0.29) is 5.92 Å². The molecule has 3 nitrogen and oxygen atoms in total. The summed E-state index contributed by atoms with van der Waals surface area (Å²) < 4.78 is 0. The fraction of sp³-hybridized carbons (Fsp3) is 0.857. The summed E-state index contributed by atoms with van der Waals surface area (Å²) in [5, 5.41) is 18.2. The Bertz CT molecular complexity index is 124. The number of hydrogen-bond acceptors (Lipinski definition) is 3. The van der Waals surface area contributed by atoms with Crippen LogP contribution in [0.25, 0.3) is 0 Å². The first kappa shape index (κ1) is 7.69. The SMILES string of the molecule is O=CC[C@@H]1C[C@H](O)C[C@@H]1O. The molecule has 10 heavy (non-hydrogen) atoms. The molecular weight excluding hydrogens is 132 g/mol. The third-order valence-corrected chi connectivity index (χ3v) is 2.03. The van der Waals surface area contributed by atoms with Gasteiger partial charge in [-0.05, 0) is 18.8 Å². The van der Waals surface area contributed by atoms with Crippen molar-refractivity contribution in [3.8, 4) is 0 Å². The lowest BCUT2D eigenvalue weighted by Crippen LogP contribution is -2.12. The average molecular weight is 144 g/mol. The summed E-state index contributed by atoms with van der Waals surface area (Å²) in [6, 6.07) is 0. The maximum atomic E-state index is 10.0. The number of rotatable bonds is 2. The van der Waals surface area contributed by atoms with Gasteiger partial charge in [-0.25, -0.2) is 0 Å². The Morgan fingerprint density at radius 1 is 1.40 bits per heavy atom. The maximum Gasteiger partial charge on any atom is 0.120 e. The third-order valence-electron chi connectivity index (χ3n) is 2.03. The molecule has 3 heteroatoms. The lowest BCUT2D eigenvalue weighted by atomic mass is 10.0. The molecule has 0 bridgehead atoms. The molecule has 1 aliphatic carbocycles. The number of aldehydes is 1. The molecule has 0 aliphatic heterocycles. The van der Waals surface area contributed by atoms with E-state index < -0.39 is 12.2 Å². The van der Waals surface area contributed by atoms with Crippen molar-refractivity contribution in [1.82, 2.24) is 0 Å². The maximum absolute atomic E-state index is 10.0. The van der Waals surface area contributed by atoms with Gasteiger partial charge in [0.1, 0.15) is 6.29 Å². The summed E-state index contributed by atoms with van der Waals surface area (Å²) in [6.45, 7) is 0. The third kappa shape index (κ3) is 1.55. The van der Waals surface area contributed by atoms with Crippen molar-refractivity contribution in [2.45, 2.75) is 31.5 Å². The lowest BCUT2D eigenvalue weighted by molar-refractivity contribution is -0.109. The molecule has 0 amide bonds. The van der Waals surface area contributed by atoms with E-state index in [1.54, 1.807) is 0 Å². The summed E-state index contributed by atoms with van der Waals surface area (Å²) in [5.41, 5.74) is 0. The van der Waals surface area contributed by atoms with Crippen LogP contribution in [0.4, 0.5) is 0 Å². The topological polar surface area (TPSA) is 57.5 Å². The second kappa shape index (κ2) is 3.12. The number of carbonyl (C=O) groups excluding carboxylic acids is 1. The standard InChI is InChI=1S/C7H12O3/c8-2-1-5-3-6(9)4-7(5)10/h2,5-7,9-10H,1,3-4H2/t5-,6+,7+/m1/s1. The van der Waals surface area contributed by atoms with E-state index in [9.17, 15) is 9.90 Å². The van der Waals surface area contributed by atoms with Gasteiger partial charge in [-0.1, -0.05) is 0 Å². The van der Waals surface area contributed by atoms with Gasteiger partial charge in [-0.3, -0.25) is 0 Å². The molecular formula is C7H12O3. The van der Waals surface area contributed by atoms with Crippen molar-refractivity contribution in [1.29, 1.82) is 0 Å². The molecule has 0 saturated heterocycles. The van der Waals surface area contributed by atoms with Crippen LogP contribution >= 0.6 is 0 Å². The number of hydrogen-bond donors (Lipinski definition) is 2. The summed E-state index contributed by atoms with van der Waals surface area (Å²) in [4.78, 5) is 10.0. The molecule has 1 saturated carbocycles. The van der Waals surface area contributed by atoms with E-state index in [1.165, 1.54) is 0 Å². The van der Waals surface area contributed by atoms with Gasteiger partial charge in [0, 0.05) is 6.42 Å². The Hall–Kier alpha value is -0.410. The molecule has 0 aromatic heterocycles. The highest BCUT2D eigenvalue weighted by atomic mass is 16.3. The fourth-order valence-electron chi connectivity index (χ4n) is 1.45. The molecule has 58 valence electrons. The summed E-state index contributed by atoms with van der Waals surface area (Å²) in [6.07, 6.45) is 1.29. The van der Waals surface area contributed by atoms with Gasteiger partial charge in [-0.2, -0.15) is 0 Å². The van der Waals surface area contributed by atoms with Crippen LogP contribution in [0.2, 0.25) is 0 Å². The van der Waals surface area contributed by atoms with Crippen molar-refractivity contribution in [3.05, 3.63) is 0 Å². The molecule has 1 fully saturated rings. The van der Waals surface area contributed by atoms with Crippen LogP contribution in [0.5, 0.6) is 0 Å². The monoisotopic (exact) mass is 144 g/mol. The van der Waals surface area contributed by atoms with Crippen LogP contribution in [0.3, 0.4) is 0 Å². The van der Waals surface area contributed by atoms with Crippen molar-refractivity contribution < 1.29 is 15.0 Å². The van der Waals surface area contributed by atoms with Gasteiger partial charge in [0.2, 0.25) is 0 Å². The highest BCUT2D eigenvalue weighted by Gasteiger charge is 2.30. The smallest absolute Gasteiger partial charge is 0.120 e. The Kier molecular flexibility index (Phi) is 2.40. The zero-order valence-corrected chi connectivity index (χ0v) is 5.73. The normalized spacial score (nSPS) is 40.0. The minimum absolute atomic E-state index is 0.00694. The van der Waals surface area contributed by atoms with Crippen LogP contribution in [-0.2, 0) is 4.79 Å². The van der Waals surface area contributed by atoms with Gasteiger partial charge in [0.05, 0.1) is 12.2 Å². The Morgan fingerprint density at radius 2 is 2.10 bits per heavy atom. The van der Waals surface area contributed by atoms with Gasteiger partial charge < -0.3 is 15.0 Å². The van der Waals surface area contributed by atoms with Gasteiger partial charge >= 0.3 is 0 Å². The van der Waals surface area contributed by atoms with Crippen LogP contribution in [-0.4, -0.2) is 28.7 Å². The van der Waals surface area contributed by atoms with Crippen LogP contribution in [0, 0.1) is 5.92 Å². The van der Waals surface area contributed by atoms with Crippen LogP contribution < -0.4 is 0 Å². The Morgan fingerprint density at radius 3 is 2.50 bits per heavy atom. The molecule has 0 unspecified atom stereocenters. The summed E-state index contributed by atoms with van der Waals surface area (Å²) >= 11 is 0. The van der Waals surface area contributed by atoms with Gasteiger partial charge in [0.25, 0.3) is 0 Å². The first-order chi connectivity index (χ1) is 4.74. The Labute approximate surface area is 59.7 Å². The Balaban J connectivity index is 2.38. The first-order valence-corrected chi connectivity index (χ1v) is 3.53. The second-order valence-corrected chi connectivity index (χ2v) is 2.86. The van der Waals surface area contributed by atoms with Gasteiger partial charge in [-0.15, -0.1) is 0 Å². The predicted molar refractivity (Wildman–Crippen MR) is 35.4 cm³/mol. The molecule has 1 rings (SSSR count). The predicted octanol–water partition coefficient (Wildman–Crippen LogP) is -0.293. The summed E-state index contributed by atoms with van der Waals surface area (Å²) in [5.74, 6) is -0.00694. The molecule has 0 aromatic carbocycles. The zero-order chi connectivity index (χ0) is 7.56. The summed E-state index contributed by atoms with van der Waals surface area (Å²) in [7, 11) is 0. The van der Waals surface area contributed by atoms with Crippen molar-refractivity contribution in [2.75, 3.05) is 0 Å². The average Bonchev–Trinajstić information content (AvgIpc) is 2.13. The zero-order valence-electron chi connectivity index (χ0n) is 5.73. The van der Waals surface area contributed by atoms with Crippen LogP contribution in [0.15, 0.2) is 0 Å². The molecule has 0 radical (unpaired) electrons. The minimum atomic E-state index is -0.472. The fourth-order valence-corrected chi connectivity index (χ4v) is 1.45. The second-order valence-electron chi connectivity index (χ2n) is 2.86. The van der Waals surface area contributed by atoms with Crippen LogP contribution in [0.1, 0.15) is 19.3 Å². The lowest BCUT2D eigenvalue weighted by Gasteiger charge is -2.08. The quantitative estimate of drug-likeness (QED) is 0.523. The largest absolute Gasteiger partial charge is 0.393 e. The van der Waals surface area contributed by atoms with E-state index in [0.717, 1.165) is 6.29 Å². The first-order valence-electron chi connectivity index (χ1n) is 3.53. The van der Waals surface area contributed by atoms with E-state index in [0.29, 0.717) is 19.3 Å². The molecule has 3 atom stereocenters. The molecule has 0 spiro atoms. The van der Waals surface area contributed by atoms with Gasteiger partial charge in [0.15, 0.2) is 0 Å². The van der Waals surface area contributed by atoms with E-state index in [2.05, 4.69) is 0 Å². The molecule has 2 N–H and O–H groups in total. The van der Waals surface area contributed by atoms with E-state index in [4.69, 9.17) is 5.11 Å². The van der Waals surface area contributed by atoms with E-state index in [1.807, 2.05) is 0 Å². The van der Waals surface area contributed by atoms with Crippen molar-refractivity contribution >= 4 is 6.29 Å². The number of aliphatic hydroxyl groups excluding tert-OH is 2. The highest BCUT2D eigenvalue weighted by Crippen LogP contribution is 2.27. The van der Waals surface area contributed by atoms with Crippen molar-refractivity contribution in [3.63, 3.8) is 0 Å². The minimum Gasteiger partial charge on any atom is -0.393 e. The van der Waals surface area contributed by atoms with Crippen molar-refractivity contribution in [2.24, 2.45) is 5.92 Å². The molecule has 0 heterocycles. The number of aliphatic hydroxyl groups is 2. The number of carbonyl (C=O) groups is 1.